The molecule has 0 aliphatic heterocycles. The molecule has 0 aromatic carbocycles. The molecule has 4 fully saturated rings. The fourth-order valence-corrected chi connectivity index (χ4v) is 5.57. The number of hydrogen-bond donors (Lipinski definition) is 0. The van der Waals surface area contributed by atoms with E-state index in [1.165, 1.54) is 35.5 Å². The van der Waals surface area contributed by atoms with Gasteiger partial charge in [-0.15, -0.1) is 0 Å². The zero-order valence-electron chi connectivity index (χ0n) is 8.74. The molecule has 4 rings (SSSR count). The van der Waals surface area contributed by atoms with Gasteiger partial charge in [-0.1, -0.05) is 13.8 Å². The molecule has 4 aliphatic carbocycles. The quantitative estimate of drug-likeness (QED) is 0.532. The van der Waals surface area contributed by atoms with Crippen molar-refractivity contribution in [2.45, 2.75) is 33.1 Å². The lowest BCUT2D eigenvalue weighted by Gasteiger charge is -2.54. The second kappa shape index (κ2) is 1.99. The van der Waals surface area contributed by atoms with Crippen LogP contribution in [0.15, 0.2) is 0 Å². The highest BCUT2D eigenvalue weighted by molar-refractivity contribution is 5.16. The van der Waals surface area contributed by atoms with E-state index in [4.69, 9.17) is 0 Å². The second-order valence-corrected chi connectivity index (χ2v) is 6.47. The van der Waals surface area contributed by atoms with Gasteiger partial charge in [-0.25, -0.2) is 0 Å². The van der Waals surface area contributed by atoms with Crippen molar-refractivity contribution < 1.29 is 0 Å². The van der Waals surface area contributed by atoms with E-state index in [1.807, 2.05) is 0 Å². The highest BCUT2D eigenvalue weighted by Gasteiger charge is 2.68. The standard InChI is InChI=1S/C13H20/c1-6-3-7(2)12-10-5-9(10)11-4-8(6)13(11)12/h6-13H,3-5H2,1-2H3/t6?,7?,8-,9?,10?,11?,12?,13?/m1/s1. The molecule has 0 heterocycles. The van der Waals surface area contributed by atoms with Crippen molar-refractivity contribution in [3.05, 3.63) is 0 Å². The Morgan fingerprint density at radius 3 is 2.15 bits per heavy atom. The topological polar surface area (TPSA) is 0 Å². The van der Waals surface area contributed by atoms with Crippen LogP contribution in [-0.2, 0) is 0 Å². The first-order chi connectivity index (χ1) is 6.27. The molecular weight excluding hydrogens is 156 g/mol. The molecule has 0 saturated heterocycles. The van der Waals surface area contributed by atoms with Crippen molar-refractivity contribution in [1.29, 1.82) is 0 Å². The smallest absolute Gasteiger partial charge is 0.0318 e. The van der Waals surface area contributed by atoms with Gasteiger partial charge in [0.05, 0.1) is 0 Å². The maximum atomic E-state index is 2.54. The van der Waals surface area contributed by atoms with Crippen LogP contribution in [0.4, 0.5) is 0 Å². The van der Waals surface area contributed by atoms with Gasteiger partial charge < -0.3 is 0 Å². The minimum absolute atomic E-state index is 1.06. The van der Waals surface area contributed by atoms with E-state index in [-0.39, 0.29) is 0 Å². The molecule has 7 unspecified atom stereocenters. The van der Waals surface area contributed by atoms with Gasteiger partial charge in [0.2, 0.25) is 0 Å². The molecule has 0 N–H and O–H groups in total. The van der Waals surface area contributed by atoms with Crippen LogP contribution >= 0.6 is 0 Å². The van der Waals surface area contributed by atoms with E-state index in [0.29, 0.717) is 0 Å². The second-order valence-electron chi connectivity index (χ2n) is 6.47. The van der Waals surface area contributed by atoms with E-state index in [0.717, 1.165) is 11.8 Å². The Kier molecular flexibility index (Phi) is 1.12. The lowest BCUT2D eigenvalue weighted by atomic mass is 9.51. The van der Waals surface area contributed by atoms with Crippen LogP contribution in [0.25, 0.3) is 0 Å². The van der Waals surface area contributed by atoms with Crippen LogP contribution in [0.5, 0.6) is 0 Å². The SMILES string of the molecule is CC1CC(C)[C@H]2CC3C4CC4C1C32. The van der Waals surface area contributed by atoms with Crippen molar-refractivity contribution in [2.75, 3.05) is 0 Å². The van der Waals surface area contributed by atoms with Gasteiger partial charge in [-0.2, -0.15) is 0 Å². The zero-order chi connectivity index (χ0) is 8.74. The molecule has 0 bridgehead atoms. The van der Waals surface area contributed by atoms with Crippen molar-refractivity contribution in [1.82, 2.24) is 0 Å². The molecule has 0 aromatic rings. The van der Waals surface area contributed by atoms with Crippen LogP contribution in [0.2, 0.25) is 0 Å². The van der Waals surface area contributed by atoms with Gasteiger partial charge in [0.1, 0.15) is 0 Å². The molecule has 0 nitrogen and oxygen atoms in total. The molecule has 0 radical (unpaired) electrons. The van der Waals surface area contributed by atoms with Crippen LogP contribution in [0, 0.1) is 47.3 Å². The average Bonchev–Trinajstić information content (AvgIpc) is 2.70. The van der Waals surface area contributed by atoms with Crippen molar-refractivity contribution in [3.63, 3.8) is 0 Å². The van der Waals surface area contributed by atoms with E-state index >= 15 is 0 Å². The van der Waals surface area contributed by atoms with Crippen LogP contribution in [0.3, 0.4) is 0 Å². The molecule has 0 aromatic heterocycles. The number of fused-ring (bicyclic) bond motifs is 3. The fraction of sp³-hybridized carbons (Fsp3) is 1.00. The van der Waals surface area contributed by atoms with Gasteiger partial charge >= 0.3 is 0 Å². The van der Waals surface area contributed by atoms with E-state index in [1.54, 1.807) is 19.3 Å². The summed E-state index contributed by atoms with van der Waals surface area (Å²) in [6.45, 7) is 5.05. The van der Waals surface area contributed by atoms with Gasteiger partial charge in [0.15, 0.2) is 0 Å². The van der Waals surface area contributed by atoms with E-state index < -0.39 is 0 Å². The number of hydrogen-bond acceptors (Lipinski definition) is 0. The largest absolute Gasteiger partial charge is 0.0622 e. The molecule has 8 atom stereocenters. The minimum Gasteiger partial charge on any atom is -0.0622 e. The molecule has 72 valence electrons. The first-order valence-corrected chi connectivity index (χ1v) is 6.27. The van der Waals surface area contributed by atoms with Crippen LogP contribution in [0.1, 0.15) is 33.1 Å². The lowest BCUT2D eigenvalue weighted by molar-refractivity contribution is -0.0585. The first kappa shape index (κ1) is 7.31. The molecule has 4 aliphatic rings. The summed E-state index contributed by atoms with van der Waals surface area (Å²) >= 11 is 0. The molecule has 4 saturated carbocycles. The molecular formula is C13H20. The van der Waals surface area contributed by atoms with Crippen molar-refractivity contribution >= 4 is 0 Å². The Morgan fingerprint density at radius 2 is 1.31 bits per heavy atom. The Morgan fingerprint density at radius 1 is 0.615 bits per heavy atom. The highest BCUT2D eigenvalue weighted by atomic mass is 14.7. The van der Waals surface area contributed by atoms with E-state index in [9.17, 15) is 0 Å². The van der Waals surface area contributed by atoms with Gasteiger partial charge in [-0.3, -0.25) is 0 Å². The third-order valence-electron chi connectivity index (χ3n) is 6.04. The lowest BCUT2D eigenvalue weighted by Crippen LogP contribution is -2.48. The molecule has 0 amide bonds. The normalized spacial score (nSPS) is 72.5. The predicted molar refractivity (Wildman–Crippen MR) is 53.1 cm³/mol. The zero-order valence-corrected chi connectivity index (χ0v) is 8.74. The summed E-state index contributed by atoms with van der Waals surface area (Å²) in [4.78, 5) is 0. The monoisotopic (exact) mass is 176 g/mol. The Balaban J connectivity index is 1.72. The summed E-state index contributed by atoms with van der Waals surface area (Å²) < 4.78 is 0. The summed E-state index contributed by atoms with van der Waals surface area (Å²) in [7, 11) is 0. The summed E-state index contributed by atoms with van der Waals surface area (Å²) in [5.74, 6) is 9.33. The molecule has 0 heteroatoms. The maximum absolute atomic E-state index is 2.54. The Bertz CT molecular complexity index is 257. The van der Waals surface area contributed by atoms with E-state index in [2.05, 4.69) is 13.8 Å². The fourth-order valence-electron chi connectivity index (χ4n) is 5.57. The Labute approximate surface area is 81.1 Å². The van der Waals surface area contributed by atoms with Gasteiger partial charge in [-0.05, 0) is 66.6 Å². The third-order valence-corrected chi connectivity index (χ3v) is 6.04. The third kappa shape index (κ3) is 0.680. The van der Waals surface area contributed by atoms with Gasteiger partial charge in [0.25, 0.3) is 0 Å². The predicted octanol–water partition coefficient (Wildman–Crippen LogP) is 3.18. The average molecular weight is 176 g/mol. The van der Waals surface area contributed by atoms with Crippen LogP contribution < -0.4 is 0 Å². The highest BCUT2D eigenvalue weighted by Crippen LogP contribution is 2.74. The Hall–Kier alpha value is 0. The molecule has 0 spiro atoms. The van der Waals surface area contributed by atoms with Crippen LogP contribution in [-0.4, -0.2) is 0 Å². The maximum Gasteiger partial charge on any atom is -0.0318 e. The minimum atomic E-state index is 1.06. The van der Waals surface area contributed by atoms with Gasteiger partial charge in [0, 0.05) is 0 Å². The summed E-state index contributed by atoms with van der Waals surface area (Å²) in [6.07, 6.45) is 4.79. The van der Waals surface area contributed by atoms with Crippen molar-refractivity contribution in [2.24, 2.45) is 47.3 Å². The summed E-state index contributed by atoms with van der Waals surface area (Å²) in [6, 6.07) is 0. The summed E-state index contributed by atoms with van der Waals surface area (Å²) in [5, 5.41) is 0. The first-order valence-electron chi connectivity index (χ1n) is 6.27. The number of rotatable bonds is 0. The molecule has 13 heavy (non-hydrogen) atoms. The van der Waals surface area contributed by atoms with Crippen molar-refractivity contribution in [3.8, 4) is 0 Å². The summed E-state index contributed by atoms with van der Waals surface area (Å²) in [5.41, 5.74) is 0.